The van der Waals surface area contributed by atoms with Gasteiger partial charge in [-0.3, -0.25) is 4.40 Å². The molecule has 2 aromatic heterocycles. The Morgan fingerprint density at radius 2 is 2.00 bits per heavy atom. The molecule has 0 bridgehead atoms. The molecule has 0 aliphatic rings. The predicted molar refractivity (Wildman–Crippen MR) is 93.8 cm³/mol. The molecular formula is C17H21N3O2S. The van der Waals surface area contributed by atoms with E-state index < -0.39 is 0 Å². The van der Waals surface area contributed by atoms with Gasteiger partial charge in [0.05, 0.1) is 25.6 Å². The van der Waals surface area contributed by atoms with Crippen molar-refractivity contribution in [3.05, 3.63) is 34.5 Å². The number of nitrogens with zero attached hydrogens (tertiary/aromatic N) is 2. The number of aryl methyl sites for hydroxylation is 2. The zero-order chi connectivity index (χ0) is 16.6. The Hall–Kier alpha value is -2.05. The van der Waals surface area contributed by atoms with E-state index in [-0.39, 0.29) is 0 Å². The zero-order valence-corrected chi connectivity index (χ0v) is 14.7. The van der Waals surface area contributed by atoms with E-state index in [1.807, 2.05) is 18.2 Å². The van der Waals surface area contributed by atoms with Crippen LogP contribution in [-0.4, -0.2) is 30.1 Å². The fourth-order valence-corrected chi connectivity index (χ4v) is 3.78. The van der Waals surface area contributed by atoms with Gasteiger partial charge >= 0.3 is 0 Å². The third kappa shape index (κ3) is 2.58. The highest BCUT2D eigenvalue weighted by atomic mass is 32.1. The number of benzene rings is 1. The maximum Gasteiger partial charge on any atom is 0.194 e. The largest absolute Gasteiger partial charge is 0.497 e. The van der Waals surface area contributed by atoms with Gasteiger partial charge in [-0.15, -0.1) is 11.3 Å². The van der Waals surface area contributed by atoms with E-state index in [4.69, 9.17) is 20.2 Å². The van der Waals surface area contributed by atoms with Gasteiger partial charge in [-0.05, 0) is 38.6 Å². The Kier molecular flexibility index (Phi) is 4.28. The van der Waals surface area contributed by atoms with Crippen molar-refractivity contribution in [3.63, 3.8) is 0 Å². The SMILES string of the molecule is COc1ccc(OC)c(-c2nc3sc(C)c(C)n3c2CCN)c1. The van der Waals surface area contributed by atoms with Crippen LogP contribution in [0.1, 0.15) is 16.3 Å². The van der Waals surface area contributed by atoms with Gasteiger partial charge in [0, 0.05) is 22.6 Å². The zero-order valence-electron chi connectivity index (χ0n) is 13.8. The van der Waals surface area contributed by atoms with Crippen LogP contribution >= 0.6 is 11.3 Å². The van der Waals surface area contributed by atoms with Crippen molar-refractivity contribution in [1.82, 2.24) is 9.38 Å². The van der Waals surface area contributed by atoms with Gasteiger partial charge < -0.3 is 15.2 Å². The van der Waals surface area contributed by atoms with Crippen LogP contribution in [0.4, 0.5) is 0 Å². The second kappa shape index (κ2) is 6.22. The minimum absolute atomic E-state index is 0.571. The molecule has 0 saturated heterocycles. The molecule has 0 radical (unpaired) electrons. The molecule has 2 N–H and O–H groups in total. The van der Waals surface area contributed by atoms with Crippen molar-refractivity contribution in [2.45, 2.75) is 20.3 Å². The Balaban J connectivity index is 2.29. The van der Waals surface area contributed by atoms with Crippen molar-refractivity contribution >= 4 is 16.3 Å². The first kappa shape index (κ1) is 15.8. The second-order valence-electron chi connectivity index (χ2n) is 5.37. The lowest BCUT2D eigenvalue weighted by Gasteiger charge is -2.11. The van der Waals surface area contributed by atoms with Gasteiger partial charge in [0.1, 0.15) is 11.5 Å². The summed E-state index contributed by atoms with van der Waals surface area (Å²) >= 11 is 1.70. The summed E-state index contributed by atoms with van der Waals surface area (Å²) in [6.45, 7) is 4.81. The first-order chi connectivity index (χ1) is 11.1. The monoisotopic (exact) mass is 331 g/mol. The van der Waals surface area contributed by atoms with E-state index in [1.165, 1.54) is 10.6 Å². The highest BCUT2D eigenvalue weighted by Gasteiger charge is 2.20. The predicted octanol–water partition coefficient (Wildman–Crippen LogP) is 3.20. The molecule has 0 saturated carbocycles. The fraction of sp³-hybridized carbons (Fsp3) is 0.353. The lowest BCUT2D eigenvalue weighted by molar-refractivity contribution is 0.404. The van der Waals surface area contributed by atoms with Crippen molar-refractivity contribution in [2.75, 3.05) is 20.8 Å². The average molecular weight is 331 g/mol. The Morgan fingerprint density at radius 3 is 2.65 bits per heavy atom. The van der Waals surface area contributed by atoms with Crippen LogP contribution in [0.2, 0.25) is 0 Å². The van der Waals surface area contributed by atoms with E-state index in [2.05, 4.69) is 18.2 Å². The van der Waals surface area contributed by atoms with Crippen molar-refractivity contribution in [3.8, 4) is 22.8 Å². The number of hydrogen-bond donors (Lipinski definition) is 1. The summed E-state index contributed by atoms with van der Waals surface area (Å²) in [5, 5.41) is 0. The summed E-state index contributed by atoms with van der Waals surface area (Å²) < 4.78 is 13.1. The maximum atomic E-state index is 5.85. The second-order valence-corrected chi connectivity index (χ2v) is 6.56. The van der Waals surface area contributed by atoms with Gasteiger partial charge in [0.15, 0.2) is 4.96 Å². The highest BCUT2D eigenvalue weighted by molar-refractivity contribution is 7.17. The number of rotatable bonds is 5. The molecule has 0 aliphatic carbocycles. The average Bonchev–Trinajstić information content (AvgIpc) is 3.04. The number of nitrogens with two attached hydrogens (primary N) is 1. The minimum atomic E-state index is 0.571. The smallest absolute Gasteiger partial charge is 0.194 e. The quantitative estimate of drug-likeness (QED) is 0.780. The topological polar surface area (TPSA) is 61.8 Å². The van der Waals surface area contributed by atoms with E-state index in [0.717, 1.165) is 39.8 Å². The molecule has 0 fully saturated rings. The number of ether oxygens (including phenoxy) is 2. The Bertz CT molecular complexity index is 851. The summed E-state index contributed by atoms with van der Waals surface area (Å²) in [6.07, 6.45) is 0.758. The molecule has 5 nitrogen and oxygen atoms in total. The molecule has 122 valence electrons. The molecular weight excluding hydrogens is 310 g/mol. The summed E-state index contributed by atoms with van der Waals surface area (Å²) in [5.74, 6) is 1.56. The molecule has 0 spiro atoms. The molecule has 0 atom stereocenters. The van der Waals surface area contributed by atoms with E-state index in [0.29, 0.717) is 6.54 Å². The lowest BCUT2D eigenvalue weighted by atomic mass is 10.1. The van der Waals surface area contributed by atoms with Crippen molar-refractivity contribution < 1.29 is 9.47 Å². The van der Waals surface area contributed by atoms with Crippen LogP contribution in [0.3, 0.4) is 0 Å². The number of fused-ring (bicyclic) bond motifs is 1. The Labute approximate surface area is 139 Å². The van der Waals surface area contributed by atoms with Crippen molar-refractivity contribution in [2.24, 2.45) is 5.73 Å². The first-order valence-electron chi connectivity index (χ1n) is 7.50. The molecule has 1 aromatic carbocycles. The molecule has 0 amide bonds. The van der Waals surface area contributed by atoms with Crippen LogP contribution in [-0.2, 0) is 6.42 Å². The van der Waals surface area contributed by atoms with E-state index in [1.54, 1.807) is 25.6 Å². The van der Waals surface area contributed by atoms with Crippen LogP contribution < -0.4 is 15.2 Å². The molecule has 0 aliphatic heterocycles. The van der Waals surface area contributed by atoms with Gasteiger partial charge in [0.2, 0.25) is 0 Å². The number of thiazole rings is 1. The summed E-state index contributed by atoms with van der Waals surface area (Å²) in [4.78, 5) is 7.12. The van der Waals surface area contributed by atoms with E-state index in [9.17, 15) is 0 Å². The summed E-state index contributed by atoms with van der Waals surface area (Å²) in [5.41, 5.74) is 10.0. The number of hydrogen-bond acceptors (Lipinski definition) is 5. The van der Waals surface area contributed by atoms with Crippen LogP contribution in [0.5, 0.6) is 11.5 Å². The van der Waals surface area contributed by atoms with Crippen LogP contribution in [0.25, 0.3) is 16.2 Å². The Morgan fingerprint density at radius 1 is 1.22 bits per heavy atom. The molecule has 3 rings (SSSR count). The number of imidazole rings is 1. The first-order valence-corrected chi connectivity index (χ1v) is 8.32. The third-order valence-electron chi connectivity index (χ3n) is 4.07. The van der Waals surface area contributed by atoms with Crippen LogP contribution in [0.15, 0.2) is 18.2 Å². The molecule has 0 unspecified atom stereocenters. The number of aromatic nitrogens is 2. The minimum Gasteiger partial charge on any atom is -0.497 e. The normalized spacial score (nSPS) is 11.2. The lowest BCUT2D eigenvalue weighted by Crippen LogP contribution is -2.07. The summed E-state index contributed by atoms with van der Waals surface area (Å²) in [7, 11) is 3.33. The molecule has 23 heavy (non-hydrogen) atoms. The van der Waals surface area contributed by atoms with Gasteiger partial charge in [0.25, 0.3) is 0 Å². The van der Waals surface area contributed by atoms with Gasteiger partial charge in [-0.1, -0.05) is 0 Å². The third-order valence-corrected chi connectivity index (χ3v) is 5.13. The van der Waals surface area contributed by atoms with Crippen LogP contribution in [0, 0.1) is 13.8 Å². The molecule has 3 aromatic rings. The number of methoxy groups -OCH3 is 2. The summed E-state index contributed by atoms with van der Waals surface area (Å²) in [6, 6.07) is 5.76. The molecule has 6 heteroatoms. The maximum absolute atomic E-state index is 5.85. The van der Waals surface area contributed by atoms with E-state index >= 15 is 0 Å². The van der Waals surface area contributed by atoms with Crippen molar-refractivity contribution in [1.29, 1.82) is 0 Å². The molecule has 2 heterocycles. The highest BCUT2D eigenvalue weighted by Crippen LogP contribution is 2.37. The van der Waals surface area contributed by atoms with Gasteiger partial charge in [-0.2, -0.15) is 0 Å². The fourth-order valence-electron chi connectivity index (χ4n) is 2.80. The standard InChI is InChI=1S/C17H21N3O2S/c1-10-11(2)23-17-19-16(14(7-8-18)20(10)17)13-9-12(21-3)5-6-15(13)22-4/h5-6,9H,7-8,18H2,1-4H3. The van der Waals surface area contributed by atoms with Gasteiger partial charge in [-0.25, -0.2) is 4.98 Å².